The van der Waals surface area contributed by atoms with Crippen molar-refractivity contribution in [3.8, 4) is 0 Å². The van der Waals surface area contributed by atoms with Crippen molar-refractivity contribution in [3.63, 3.8) is 0 Å². The second-order valence-corrected chi connectivity index (χ2v) is 9.11. The average Bonchev–Trinajstić information content (AvgIpc) is 3.62. The normalized spacial score (nSPS) is 19.6. The molecule has 1 aromatic rings. The van der Waals surface area contributed by atoms with Crippen molar-refractivity contribution < 1.29 is 13.6 Å². The molecule has 1 saturated heterocycles. The second kappa shape index (κ2) is 12.5. The monoisotopic (exact) mass is 468 g/mol. The lowest BCUT2D eigenvalue weighted by molar-refractivity contribution is -0.133. The third-order valence-corrected chi connectivity index (χ3v) is 5.92. The van der Waals surface area contributed by atoms with E-state index >= 15 is 0 Å². The lowest BCUT2D eigenvalue weighted by Gasteiger charge is -2.38. The van der Waals surface area contributed by atoms with Crippen LogP contribution in [0.25, 0.3) is 0 Å². The number of halogens is 2. The van der Waals surface area contributed by atoms with Gasteiger partial charge in [-0.2, -0.15) is 0 Å². The standard InChI is InChI=1S/C27H34F2N4O/c1-2-21(17-31-15-3-4-23(16-30)8-7-22-5-6-22)11-14-26(34)32-25-12-9-24(10-13-25)18-33-19-27(28,29)20-33/h3,8-17,21-22,30H,2,4-7,18-20H2,1H3,(H,32,34)/b14-11+,15-3-,23-8-,30-16?,31-17?. The van der Waals surface area contributed by atoms with Crippen LogP contribution in [0.3, 0.4) is 0 Å². The minimum absolute atomic E-state index is 0.0417. The zero-order chi connectivity index (χ0) is 24.4. The summed E-state index contributed by atoms with van der Waals surface area (Å²) in [4.78, 5) is 18.3. The summed E-state index contributed by atoms with van der Waals surface area (Å²) in [6.07, 6.45) is 17.6. The van der Waals surface area contributed by atoms with Crippen LogP contribution < -0.4 is 5.32 Å². The van der Waals surface area contributed by atoms with Crippen molar-refractivity contribution >= 4 is 24.0 Å². The molecule has 1 atom stereocenters. The molecule has 3 rings (SSSR count). The van der Waals surface area contributed by atoms with Gasteiger partial charge in [-0.25, -0.2) is 8.78 Å². The molecule has 7 heteroatoms. The van der Waals surface area contributed by atoms with Gasteiger partial charge in [0.1, 0.15) is 0 Å². The number of benzene rings is 1. The Hall–Kier alpha value is -2.93. The molecular weight excluding hydrogens is 434 g/mol. The van der Waals surface area contributed by atoms with Gasteiger partial charge in [-0.3, -0.25) is 14.7 Å². The molecule has 0 bridgehead atoms. The first-order chi connectivity index (χ1) is 16.4. The molecule has 182 valence electrons. The lowest BCUT2D eigenvalue weighted by Crippen LogP contribution is -2.55. The molecule has 1 amide bonds. The number of likely N-dealkylation sites (tertiary alicyclic amines) is 1. The van der Waals surface area contributed by atoms with Crippen LogP contribution in [0.4, 0.5) is 14.5 Å². The van der Waals surface area contributed by atoms with Crippen LogP contribution in [0.5, 0.6) is 0 Å². The molecule has 2 aliphatic rings. The van der Waals surface area contributed by atoms with E-state index in [2.05, 4.69) is 16.4 Å². The fourth-order valence-corrected chi connectivity index (χ4v) is 3.64. The summed E-state index contributed by atoms with van der Waals surface area (Å²) in [5.41, 5.74) is 2.61. The van der Waals surface area contributed by atoms with Crippen molar-refractivity contribution in [2.24, 2.45) is 16.8 Å². The minimum Gasteiger partial charge on any atom is -0.323 e. The van der Waals surface area contributed by atoms with Gasteiger partial charge in [0.15, 0.2) is 0 Å². The summed E-state index contributed by atoms with van der Waals surface area (Å²) < 4.78 is 25.9. The van der Waals surface area contributed by atoms with Crippen LogP contribution >= 0.6 is 0 Å². The van der Waals surface area contributed by atoms with E-state index in [4.69, 9.17) is 5.41 Å². The van der Waals surface area contributed by atoms with E-state index in [1.807, 2.05) is 37.4 Å². The SMILES string of the molecule is CCC(C=N/C=C\C/C(C=N)=C/CC1CC1)/C=C/C(=O)Nc1ccc(CN2CC(F)(F)C2)cc1. The number of carbonyl (C=O) groups is 1. The van der Waals surface area contributed by atoms with E-state index in [1.165, 1.54) is 25.1 Å². The van der Waals surface area contributed by atoms with Gasteiger partial charge in [-0.05, 0) is 67.4 Å². The van der Waals surface area contributed by atoms with Gasteiger partial charge >= 0.3 is 0 Å². The highest BCUT2D eigenvalue weighted by molar-refractivity contribution is 5.99. The molecule has 34 heavy (non-hydrogen) atoms. The molecule has 2 N–H and O–H groups in total. The Morgan fingerprint density at radius 3 is 2.65 bits per heavy atom. The summed E-state index contributed by atoms with van der Waals surface area (Å²) >= 11 is 0. The van der Waals surface area contributed by atoms with E-state index < -0.39 is 5.92 Å². The first kappa shape index (κ1) is 25.7. The Morgan fingerprint density at radius 2 is 2.03 bits per heavy atom. The largest absolute Gasteiger partial charge is 0.323 e. The van der Waals surface area contributed by atoms with Crippen molar-refractivity contribution in [2.75, 3.05) is 18.4 Å². The average molecular weight is 469 g/mol. The fraction of sp³-hybridized carbons (Fsp3) is 0.444. The predicted octanol–water partition coefficient (Wildman–Crippen LogP) is 6.01. The maximum absolute atomic E-state index is 12.9. The number of nitrogens with one attached hydrogen (secondary N) is 2. The van der Waals surface area contributed by atoms with Crippen LogP contribution in [0, 0.1) is 17.2 Å². The van der Waals surface area contributed by atoms with Crippen molar-refractivity contribution in [2.45, 2.75) is 51.5 Å². The van der Waals surface area contributed by atoms with E-state index in [-0.39, 0.29) is 24.9 Å². The number of hydrogen-bond acceptors (Lipinski definition) is 4. The zero-order valence-corrected chi connectivity index (χ0v) is 19.7. The van der Waals surface area contributed by atoms with Crippen molar-refractivity contribution in [3.05, 3.63) is 65.9 Å². The van der Waals surface area contributed by atoms with Gasteiger partial charge in [0.05, 0.1) is 13.1 Å². The Morgan fingerprint density at radius 1 is 1.29 bits per heavy atom. The molecule has 0 aromatic heterocycles. The summed E-state index contributed by atoms with van der Waals surface area (Å²) in [6.45, 7) is 2.12. The predicted molar refractivity (Wildman–Crippen MR) is 135 cm³/mol. The number of rotatable bonds is 13. The molecule has 1 aliphatic carbocycles. The fourth-order valence-electron chi connectivity index (χ4n) is 3.64. The maximum atomic E-state index is 12.9. The van der Waals surface area contributed by atoms with Crippen LogP contribution in [0.2, 0.25) is 0 Å². The zero-order valence-electron chi connectivity index (χ0n) is 19.7. The molecule has 1 aliphatic heterocycles. The van der Waals surface area contributed by atoms with Crippen molar-refractivity contribution in [1.82, 2.24) is 4.90 Å². The van der Waals surface area contributed by atoms with Gasteiger partial charge in [0, 0.05) is 36.8 Å². The highest BCUT2D eigenvalue weighted by atomic mass is 19.3. The third kappa shape index (κ3) is 9.14. The lowest BCUT2D eigenvalue weighted by atomic mass is 10.1. The van der Waals surface area contributed by atoms with Gasteiger partial charge < -0.3 is 10.7 Å². The topological polar surface area (TPSA) is 68.5 Å². The van der Waals surface area contributed by atoms with E-state index in [0.29, 0.717) is 18.7 Å². The van der Waals surface area contributed by atoms with Crippen LogP contribution in [0.1, 0.15) is 44.6 Å². The summed E-state index contributed by atoms with van der Waals surface area (Å²) in [6, 6.07) is 7.25. The van der Waals surface area contributed by atoms with Crippen LogP contribution in [0.15, 0.2) is 65.3 Å². The second-order valence-electron chi connectivity index (χ2n) is 9.11. The van der Waals surface area contributed by atoms with Gasteiger partial charge in [0.25, 0.3) is 5.92 Å². The van der Waals surface area contributed by atoms with Crippen LogP contribution in [-0.4, -0.2) is 42.2 Å². The molecule has 0 radical (unpaired) electrons. The molecule has 1 unspecified atom stereocenters. The Balaban J connectivity index is 1.39. The molecule has 1 heterocycles. The Kier molecular flexibility index (Phi) is 9.45. The van der Waals surface area contributed by atoms with Crippen molar-refractivity contribution in [1.29, 1.82) is 5.41 Å². The third-order valence-electron chi connectivity index (χ3n) is 5.92. The highest BCUT2D eigenvalue weighted by Crippen LogP contribution is 2.33. The van der Waals surface area contributed by atoms with Gasteiger partial charge in [0.2, 0.25) is 5.91 Å². The Bertz CT molecular complexity index is 938. The molecule has 1 saturated carbocycles. The number of nitrogens with zero attached hydrogens (tertiary/aromatic N) is 2. The first-order valence-electron chi connectivity index (χ1n) is 11.9. The molecule has 1 aromatic carbocycles. The summed E-state index contributed by atoms with van der Waals surface area (Å²) in [7, 11) is 0. The van der Waals surface area contributed by atoms with Crippen LogP contribution in [-0.2, 0) is 11.3 Å². The van der Waals surface area contributed by atoms with E-state index in [9.17, 15) is 13.6 Å². The number of amides is 1. The molecule has 2 fully saturated rings. The minimum atomic E-state index is -2.56. The maximum Gasteiger partial charge on any atom is 0.272 e. The summed E-state index contributed by atoms with van der Waals surface area (Å²) in [5.74, 6) is -1.93. The quantitative estimate of drug-likeness (QED) is 0.275. The highest BCUT2D eigenvalue weighted by Gasteiger charge is 2.43. The number of allylic oxidation sites excluding steroid dienone is 4. The number of carbonyl (C=O) groups excluding carboxylic acids is 1. The molecule has 0 spiro atoms. The molecule has 5 nitrogen and oxygen atoms in total. The number of hydrogen-bond donors (Lipinski definition) is 2. The molecular formula is C27H34F2N4O. The van der Waals surface area contributed by atoms with Gasteiger partial charge in [-0.1, -0.05) is 37.3 Å². The number of anilines is 1. The number of alkyl halides is 2. The van der Waals surface area contributed by atoms with E-state index in [0.717, 1.165) is 29.9 Å². The first-order valence-corrected chi connectivity index (χ1v) is 11.9. The Labute approximate surface area is 200 Å². The van der Waals surface area contributed by atoms with Gasteiger partial charge in [-0.15, -0.1) is 0 Å². The smallest absolute Gasteiger partial charge is 0.272 e. The number of aliphatic imine (C=N–C) groups is 1. The van der Waals surface area contributed by atoms with E-state index in [1.54, 1.807) is 23.2 Å². The summed E-state index contributed by atoms with van der Waals surface area (Å²) in [5, 5.41) is 10.3.